The highest BCUT2D eigenvalue weighted by molar-refractivity contribution is 7.89. The van der Waals surface area contributed by atoms with Gasteiger partial charge in [-0.3, -0.25) is 9.59 Å². The van der Waals surface area contributed by atoms with Gasteiger partial charge in [0, 0.05) is 50.7 Å². The maximum atomic E-state index is 13.0. The van der Waals surface area contributed by atoms with Gasteiger partial charge >= 0.3 is 0 Å². The van der Waals surface area contributed by atoms with E-state index in [2.05, 4.69) is 24.1 Å². The highest BCUT2D eigenvalue weighted by Crippen LogP contribution is 2.24. The smallest absolute Gasteiger partial charge is 0.253 e. The van der Waals surface area contributed by atoms with Crippen LogP contribution < -0.4 is 5.32 Å². The van der Waals surface area contributed by atoms with Crippen molar-refractivity contribution < 1.29 is 18.0 Å². The summed E-state index contributed by atoms with van der Waals surface area (Å²) in [4.78, 5) is 29.7. The van der Waals surface area contributed by atoms with E-state index in [0.29, 0.717) is 51.1 Å². The molecule has 2 aliphatic heterocycles. The zero-order valence-corrected chi connectivity index (χ0v) is 21.2. The SMILES string of the molecule is CN(C)CC(C)(C)CNC(=O)C1CCN(C(=O)c2cccc(S(=O)(=O)N3CCCC3)c2)CC1. The Labute approximate surface area is 198 Å². The van der Waals surface area contributed by atoms with Crippen molar-refractivity contribution in [1.29, 1.82) is 0 Å². The first kappa shape index (κ1) is 25.6. The lowest BCUT2D eigenvalue weighted by molar-refractivity contribution is -0.126. The van der Waals surface area contributed by atoms with E-state index in [4.69, 9.17) is 0 Å². The Bertz CT molecular complexity index is 947. The summed E-state index contributed by atoms with van der Waals surface area (Å²) in [6.07, 6.45) is 2.95. The van der Waals surface area contributed by atoms with E-state index in [-0.39, 0.29) is 28.0 Å². The molecule has 0 aromatic heterocycles. The second-order valence-corrected chi connectivity index (χ2v) is 12.3. The van der Waals surface area contributed by atoms with Crippen LogP contribution in [0.2, 0.25) is 0 Å². The van der Waals surface area contributed by atoms with Crippen molar-refractivity contribution in [1.82, 2.24) is 19.4 Å². The number of benzene rings is 1. The largest absolute Gasteiger partial charge is 0.355 e. The number of hydrogen-bond acceptors (Lipinski definition) is 5. The Morgan fingerprint density at radius 2 is 1.73 bits per heavy atom. The summed E-state index contributed by atoms with van der Waals surface area (Å²) in [5.41, 5.74) is 0.361. The fourth-order valence-electron chi connectivity index (χ4n) is 4.78. The summed E-state index contributed by atoms with van der Waals surface area (Å²) in [5, 5.41) is 3.08. The number of piperidine rings is 1. The summed E-state index contributed by atoms with van der Waals surface area (Å²) in [5.74, 6) is -0.238. The lowest BCUT2D eigenvalue weighted by atomic mass is 9.91. The molecule has 8 nitrogen and oxygen atoms in total. The zero-order valence-electron chi connectivity index (χ0n) is 20.3. The quantitative estimate of drug-likeness (QED) is 0.618. The molecular weight excluding hydrogens is 440 g/mol. The van der Waals surface area contributed by atoms with Crippen LogP contribution in [0, 0.1) is 11.3 Å². The number of carbonyl (C=O) groups is 2. The maximum absolute atomic E-state index is 13.0. The van der Waals surface area contributed by atoms with Gasteiger partial charge in [0.05, 0.1) is 4.90 Å². The number of nitrogens with one attached hydrogen (secondary N) is 1. The monoisotopic (exact) mass is 478 g/mol. The van der Waals surface area contributed by atoms with Crippen molar-refractivity contribution in [3.63, 3.8) is 0 Å². The molecular formula is C24H38N4O4S. The average Bonchev–Trinajstić information content (AvgIpc) is 3.32. The van der Waals surface area contributed by atoms with Gasteiger partial charge in [0.15, 0.2) is 0 Å². The lowest BCUT2D eigenvalue weighted by Gasteiger charge is -2.33. The molecule has 1 aromatic carbocycles. The number of likely N-dealkylation sites (tertiary alicyclic amines) is 1. The number of carbonyl (C=O) groups excluding carboxylic acids is 2. The molecule has 33 heavy (non-hydrogen) atoms. The molecule has 1 aromatic rings. The molecule has 0 atom stereocenters. The van der Waals surface area contributed by atoms with E-state index in [1.165, 1.54) is 10.4 Å². The van der Waals surface area contributed by atoms with Crippen LogP contribution in [0.3, 0.4) is 0 Å². The molecule has 1 N–H and O–H groups in total. The molecule has 0 spiro atoms. The van der Waals surface area contributed by atoms with Crippen LogP contribution in [0.4, 0.5) is 0 Å². The van der Waals surface area contributed by atoms with Gasteiger partial charge in [-0.15, -0.1) is 0 Å². The molecule has 2 aliphatic rings. The van der Waals surface area contributed by atoms with Crippen molar-refractivity contribution in [3.8, 4) is 0 Å². The summed E-state index contributed by atoms with van der Waals surface area (Å²) in [6, 6.07) is 6.34. The van der Waals surface area contributed by atoms with Crippen molar-refractivity contribution in [2.24, 2.45) is 11.3 Å². The van der Waals surface area contributed by atoms with Gasteiger partial charge in [-0.05, 0) is 63.4 Å². The molecule has 2 fully saturated rings. The van der Waals surface area contributed by atoms with E-state index >= 15 is 0 Å². The van der Waals surface area contributed by atoms with Gasteiger partial charge in [0.2, 0.25) is 15.9 Å². The van der Waals surface area contributed by atoms with Gasteiger partial charge in [-0.25, -0.2) is 8.42 Å². The molecule has 3 rings (SSSR count). The molecule has 0 saturated carbocycles. The van der Waals surface area contributed by atoms with E-state index in [0.717, 1.165) is 19.4 Å². The van der Waals surface area contributed by atoms with Crippen LogP contribution in [0.5, 0.6) is 0 Å². The molecule has 0 unspecified atom stereocenters. The third-order valence-corrected chi connectivity index (χ3v) is 8.32. The van der Waals surface area contributed by atoms with Crippen molar-refractivity contribution in [2.45, 2.75) is 44.4 Å². The second-order valence-electron chi connectivity index (χ2n) is 10.3. The predicted octanol–water partition coefficient (Wildman–Crippen LogP) is 2.03. The predicted molar refractivity (Wildman–Crippen MR) is 128 cm³/mol. The summed E-state index contributed by atoms with van der Waals surface area (Å²) >= 11 is 0. The Balaban J connectivity index is 1.56. The van der Waals surface area contributed by atoms with Crippen molar-refractivity contribution >= 4 is 21.8 Å². The molecule has 2 heterocycles. The fourth-order valence-corrected chi connectivity index (χ4v) is 6.34. The summed E-state index contributed by atoms with van der Waals surface area (Å²) in [6.45, 7) is 7.79. The van der Waals surface area contributed by atoms with Crippen molar-refractivity contribution in [2.75, 3.05) is 53.4 Å². The number of rotatable bonds is 8. The molecule has 0 radical (unpaired) electrons. The maximum Gasteiger partial charge on any atom is 0.253 e. The number of hydrogen-bond donors (Lipinski definition) is 1. The van der Waals surface area contributed by atoms with Gasteiger partial charge in [-0.2, -0.15) is 4.31 Å². The Morgan fingerprint density at radius 1 is 1.09 bits per heavy atom. The standard InChI is InChI=1S/C24H38N4O4S/c1-24(2,18-26(3)4)17-25-22(29)19-10-14-27(15-11-19)23(30)20-8-7-9-21(16-20)33(31,32)28-12-5-6-13-28/h7-9,16,19H,5-6,10-15,17-18H2,1-4H3,(H,25,29). The minimum atomic E-state index is -3.56. The van der Waals surface area contributed by atoms with Gasteiger partial charge in [0.25, 0.3) is 5.91 Å². The highest BCUT2D eigenvalue weighted by Gasteiger charge is 2.31. The average molecular weight is 479 g/mol. The first-order valence-electron chi connectivity index (χ1n) is 11.8. The topological polar surface area (TPSA) is 90.0 Å². The fraction of sp³-hybridized carbons (Fsp3) is 0.667. The molecule has 184 valence electrons. The second kappa shape index (κ2) is 10.5. The third kappa shape index (κ3) is 6.55. The van der Waals surface area contributed by atoms with Crippen molar-refractivity contribution in [3.05, 3.63) is 29.8 Å². The summed E-state index contributed by atoms with van der Waals surface area (Å²) < 4.78 is 27.2. The number of nitrogens with zero attached hydrogens (tertiary/aromatic N) is 3. The molecule has 0 aliphatic carbocycles. The van der Waals surface area contributed by atoms with Crippen LogP contribution >= 0.6 is 0 Å². The number of sulfonamides is 1. The molecule has 0 bridgehead atoms. The molecule has 2 saturated heterocycles. The first-order valence-corrected chi connectivity index (χ1v) is 13.3. The normalized spacial score (nSPS) is 18.6. The van der Waals surface area contributed by atoms with Crippen LogP contribution in [0.15, 0.2) is 29.2 Å². The van der Waals surface area contributed by atoms with Gasteiger partial charge in [0.1, 0.15) is 0 Å². The van der Waals surface area contributed by atoms with E-state index in [9.17, 15) is 18.0 Å². The Hall–Kier alpha value is -1.97. The lowest BCUT2D eigenvalue weighted by Crippen LogP contribution is -2.46. The van der Waals surface area contributed by atoms with Gasteiger partial charge in [-0.1, -0.05) is 19.9 Å². The first-order chi connectivity index (χ1) is 15.5. The molecule has 9 heteroatoms. The van der Waals surface area contributed by atoms with E-state index < -0.39 is 10.0 Å². The Kier molecular flexibility index (Phi) is 8.18. The summed E-state index contributed by atoms with van der Waals surface area (Å²) in [7, 11) is 0.478. The highest BCUT2D eigenvalue weighted by atomic mass is 32.2. The molecule has 2 amide bonds. The minimum Gasteiger partial charge on any atom is -0.355 e. The third-order valence-electron chi connectivity index (χ3n) is 6.42. The minimum absolute atomic E-state index is 0.0176. The number of amides is 2. The van der Waals surface area contributed by atoms with E-state index in [1.54, 1.807) is 23.1 Å². The van der Waals surface area contributed by atoms with Crippen LogP contribution in [0.25, 0.3) is 0 Å². The van der Waals surface area contributed by atoms with Crippen LogP contribution in [-0.4, -0.2) is 87.7 Å². The Morgan fingerprint density at radius 3 is 2.33 bits per heavy atom. The van der Waals surface area contributed by atoms with Gasteiger partial charge < -0.3 is 15.1 Å². The zero-order chi connectivity index (χ0) is 24.2. The van der Waals surface area contributed by atoms with Crippen LogP contribution in [0.1, 0.15) is 49.9 Å². The van der Waals surface area contributed by atoms with Crippen LogP contribution in [-0.2, 0) is 14.8 Å². The van der Waals surface area contributed by atoms with E-state index in [1.807, 2.05) is 14.1 Å².